The summed E-state index contributed by atoms with van der Waals surface area (Å²) in [7, 11) is 0. The molecule has 7 heteroatoms. The number of benzene rings is 2. The van der Waals surface area contributed by atoms with Gasteiger partial charge in [0.05, 0.1) is 0 Å². The van der Waals surface area contributed by atoms with E-state index in [1.807, 2.05) is 0 Å². The number of halogens is 4. The third-order valence-corrected chi connectivity index (χ3v) is 3.18. The average Bonchev–Trinajstić information content (AvgIpc) is 3.05. The number of aromatic nitrogens is 2. The Morgan fingerprint density at radius 2 is 1.04 bits per heavy atom. The molecule has 0 aliphatic rings. The van der Waals surface area contributed by atoms with Crippen molar-refractivity contribution < 1.29 is 22.0 Å². The van der Waals surface area contributed by atoms with Crippen LogP contribution in [0.15, 0.2) is 40.8 Å². The Kier molecular flexibility index (Phi) is 6.06. The highest BCUT2D eigenvalue weighted by Crippen LogP contribution is 2.14. The maximum Gasteiger partial charge on any atom is 0.240 e. The van der Waals surface area contributed by atoms with E-state index >= 15 is 0 Å². The van der Waals surface area contributed by atoms with Crippen LogP contribution in [0, 0.1) is 23.3 Å². The molecule has 0 saturated heterocycles. The molecule has 0 spiro atoms. The van der Waals surface area contributed by atoms with Gasteiger partial charge in [-0.1, -0.05) is 19.6 Å². The molecule has 0 unspecified atom stereocenters. The van der Waals surface area contributed by atoms with Gasteiger partial charge in [0.15, 0.2) is 23.3 Å². The molecule has 0 aliphatic carbocycles. The highest BCUT2D eigenvalue weighted by molar-refractivity contribution is 5.68. The summed E-state index contributed by atoms with van der Waals surface area (Å²) in [4.78, 5) is 0. The normalized spacial score (nSPS) is 11.2. The standard InChI is InChI=1S/C18H10F4N2O.CH4/c19-13-5-1-11(9-15(13)21)3-7-17-23-24-18(25-17)8-4-12-2-6-14(20)16(22)10-12;/h1-10H;1H4/b7-3+,8-4+;. The summed E-state index contributed by atoms with van der Waals surface area (Å²) in [6.07, 6.45) is 5.85. The Morgan fingerprint density at radius 3 is 1.42 bits per heavy atom. The van der Waals surface area contributed by atoms with E-state index in [1.54, 1.807) is 0 Å². The summed E-state index contributed by atoms with van der Waals surface area (Å²) in [5.74, 6) is -3.48. The average molecular weight is 362 g/mol. The second-order valence-corrected chi connectivity index (χ2v) is 4.99. The van der Waals surface area contributed by atoms with Crippen molar-refractivity contribution >= 4 is 24.3 Å². The SMILES string of the molecule is C.Fc1ccc(/C=C/c2nnc(/C=C/c3ccc(F)c(F)c3)o2)cc1F. The molecule has 3 aromatic rings. The summed E-state index contributed by atoms with van der Waals surface area (Å²) >= 11 is 0. The molecule has 0 amide bonds. The second-order valence-electron chi connectivity index (χ2n) is 4.99. The highest BCUT2D eigenvalue weighted by atomic mass is 19.2. The van der Waals surface area contributed by atoms with Crippen LogP contribution >= 0.6 is 0 Å². The van der Waals surface area contributed by atoms with Crippen molar-refractivity contribution in [3.63, 3.8) is 0 Å². The van der Waals surface area contributed by atoms with Crippen LogP contribution in [0.25, 0.3) is 24.3 Å². The Balaban J connectivity index is 0.00000243. The Bertz CT molecular complexity index is 888. The fourth-order valence-electron chi connectivity index (χ4n) is 1.95. The zero-order valence-electron chi connectivity index (χ0n) is 12.6. The topological polar surface area (TPSA) is 38.9 Å². The van der Waals surface area contributed by atoms with Crippen LogP contribution in [0.5, 0.6) is 0 Å². The van der Waals surface area contributed by atoms with Gasteiger partial charge in [-0.15, -0.1) is 10.2 Å². The van der Waals surface area contributed by atoms with Crippen molar-refractivity contribution in [1.29, 1.82) is 0 Å². The second kappa shape index (κ2) is 8.24. The van der Waals surface area contributed by atoms with E-state index in [-0.39, 0.29) is 19.2 Å². The zero-order chi connectivity index (χ0) is 17.8. The highest BCUT2D eigenvalue weighted by Gasteiger charge is 2.03. The monoisotopic (exact) mass is 362 g/mol. The molecule has 26 heavy (non-hydrogen) atoms. The van der Waals surface area contributed by atoms with Gasteiger partial charge in [0, 0.05) is 12.2 Å². The minimum atomic E-state index is -0.956. The van der Waals surface area contributed by atoms with E-state index in [2.05, 4.69) is 10.2 Å². The third kappa shape index (κ3) is 4.66. The van der Waals surface area contributed by atoms with Crippen molar-refractivity contribution in [1.82, 2.24) is 10.2 Å². The van der Waals surface area contributed by atoms with Gasteiger partial charge in [-0.3, -0.25) is 0 Å². The summed E-state index contributed by atoms with van der Waals surface area (Å²) in [6, 6.07) is 6.89. The minimum Gasteiger partial charge on any atom is -0.417 e. The van der Waals surface area contributed by atoms with Crippen LogP contribution in [0.2, 0.25) is 0 Å². The van der Waals surface area contributed by atoms with Gasteiger partial charge < -0.3 is 4.42 Å². The molecule has 3 rings (SSSR count). The molecule has 1 aromatic heterocycles. The van der Waals surface area contributed by atoms with E-state index in [4.69, 9.17) is 4.42 Å². The van der Waals surface area contributed by atoms with Crippen molar-refractivity contribution in [3.8, 4) is 0 Å². The minimum absolute atomic E-state index is 0. The quantitative estimate of drug-likeness (QED) is 0.567. The molecule has 134 valence electrons. The largest absolute Gasteiger partial charge is 0.417 e. The van der Waals surface area contributed by atoms with E-state index in [1.165, 1.54) is 36.4 Å². The lowest BCUT2D eigenvalue weighted by atomic mass is 10.2. The molecule has 3 nitrogen and oxygen atoms in total. The Labute approximate surface area is 147 Å². The van der Waals surface area contributed by atoms with E-state index in [9.17, 15) is 17.6 Å². The predicted molar refractivity (Wildman–Crippen MR) is 91.6 cm³/mol. The number of hydrogen-bond donors (Lipinski definition) is 0. The molecule has 1 heterocycles. The fourth-order valence-corrected chi connectivity index (χ4v) is 1.95. The molecule has 2 aromatic carbocycles. The van der Waals surface area contributed by atoms with Crippen LogP contribution in [-0.2, 0) is 0 Å². The van der Waals surface area contributed by atoms with Crippen molar-refractivity contribution in [2.75, 3.05) is 0 Å². The first kappa shape index (κ1) is 19.1. The smallest absolute Gasteiger partial charge is 0.240 e. The zero-order valence-corrected chi connectivity index (χ0v) is 12.6. The molecule has 0 fully saturated rings. The molecular weight excluding hydrogens is 348 g/mol. The van der Waals surface area contributed by atoms with Crippen LogP contribution in [0.4, 0.5) is 17.6 Å². The van der Waals surface area contributed by atoms with Crippen LogP contribution in [0.3, 0.4) is 0 Å². The van der Waals surface area contributed by atoms with Crippen LogP contribution in [-0.4, -0.2) is 10.2 Å². The van der Waals surface area contributed by atoms with Gasteiger partial charge in [0.25, 0.3) is 0 Å². The van der Waals surface area contributed by atoms with Gasteiger partial charge in [-0.2, -0.15) is 0 Å². The molecule has 0 atom stereocenters. The summed E-state index contributed by atoms with van der Waals surface area (Å²) in [5, 5.41) is 7.52. The lowest BCUT2D eigenvalue weighted by molar-refractivity contribution is 0.508. The summed E-state index contributed by atoms with van der Waals surface area (Å²) < 4.78 is 57.2. The van der Waals surface area contributed by atoms with Gasteiger partial charge in [0.2, 0.25) is 11.8 Å². The van der Waals surface area contributed by atoms with E-state index in [0.29, 0.717) is 11.1 Å². The van der Waals surface area contributed by atoms with E-state index < -0.39 is 23.3 Å². The molecule has 0 saturated carbocycles. The maximum atomic E-state index is 13.1. The Morgan fingerprint density at radius 1 is 0.615 bits per heavy atom. The number of nitrogens with zero attached hydrogens (tertiary/aromatic N) is 2. The van der Waals surface area contributed by atoms with Gasteiger partial charge in [0.1, 0.15) is 0 Å². The molecule has 0 radical (unpaired) electrons. The summed E-state index contributed by atoms with van der Waals surface area (Å²) in [5.41, 5.74) is 0.854. The van der Waals surface area contributed by atoms with Gasteiger partial charge in [-0.25, -0.2) is 17.6 Å². The number of hydrogen-bond acceptors (Lipinski definition) is 3. The van der Waals surface area contributed by atoms with Crippen molar-refractivity contribution in [2.45, 2.75) is 7.43 Å². The predicted octanol–water partition coefficient (Wildman–Crippen LogP) is 5.60. The van der Waals surface area contributed by atoms with E-state index in [0.717, 1.165) is 24.3 Å². The lowest BCUT2D eigenvalue weighted by Crippen LogP contribution is -1.83. The van der Waals surface area contributed by atoms with Crippen LogP contribution < -0.4 is 0 Å². The van der Waals surface area contributed by atoms with Crippen LogP contribution in [0.1, 0.15) is 30.3 Å². The molecule has 0 aliphatic heterocycles. The molecule has 0 N–H and O–H groups in total. The lowest BCUT2D eigenvalue weighted by Gasteiger charge is -1.94. The summed E-state index contributed by atoms with van der Waals surface area (Å²) in [6.45, 7) is 0. The van der Waals surface area contributed by atoms with Crippen molar-refractivity contribution in [3.05, 3.63) is 82.6 Å². The van der Waals surface area contributed by atoms with Gasteiger partial charge in [-0.05, 0) is 47.5 Å². The maximum absolute atomic E-state index is 13.1. The molecule has 0 bridgehead atoms. The van der Waals surface area contributed by atoms with Crippen molar-refractivity contribution in [2.24, 2.45) is 0 Å². The van der Waals surface area contributed by atoms with Gasteiger partial charge >= 0.3 is 0 Å². The first-order valence-electron chi connectivity index (χ1n) is 7.11. The first-order chi connectivity index (χ1) is 12.0. The third-order valence-electron chi connectivity index (χ3n) is 3.18. The number of rotatable bonds is 4. The first-order valence-corrected chi connectivity index (χ1v) is 7.11. The fraction of sp³-hybridized carbons (Fsp3) is 0.0526. The Hall–Kier alpha value is -3.22. The molecular formula is C19H14F4N2O.